The Labute approximate surface area is 175 Å². The SMILES string of the molecule is COc1cc(OC)cc(C(=O)Nc2ccn(C3CO[C@H](CO)[C@@H](O)C3(F)F)c(=O)n2)c1. The maximum absolute atomic E-state index is 14.5. The molecular formula is C19H21F2N3O7. The van der Waals surface area contributed by atoms with Crippen LogP contribution in [-0.4, -0.2) is 71.2 Å². The lowest BCUT2D eigenvalue weighted by molar-refractivity contribution is -0.243. The molecule has 3 N–H and O–H groups in total. The minimum absolute atomic E-state index is 0.160. The van der Waals surface area contributed by atoms with E-state index in [0.717, 1.165) is 12.3 Å². The number of aromatic nitrogens is 2. The van der Waals surface area contributed by atoms with Gasteiger partial charge in [0.15, 0.2) is 0 Å². The number of aliphatic hydroxyl groups is 2. The number of nitrogens with zero attached hydrogens (tertiary/aromatic N) is 2. The summed E-state index contributed by atoms with van der Waals surface area (Å²) in [7, 11) is 2.84. The second-order valence-corrected chi connectivity index (χ2v) is 6.75. The number of carbonyl (C=O) groups is 1. The summed E-state index contributed by atoms with van der Waals surface area (Å²) in [5.74, 6) is -3.81. The van der Waals surface area contributed by atoms with Crippen LogP contribution >= 0.6 is 0 Å². The molecule has 1 aromatic heterocycles. The summed E-state index contributed by atoms with van der Waals surface area (Å²) in [6.45, 7) is -1.41. The molecule has 1 amide bonds. The molecule has 3 rings (SSSR count). The number of methoxy groups -OCH3 is 2. The average molecular weight is 441 g/mol. The van der Waals surface area contributed by atoms with Crippen molar-refractivity contribution in [1.82, 2.24) is 9.55 Å². The third kappa shape index (κ3) is 4.50. The van der Waals surface area contributed by atoms with Crippen LogP contribution in [-0.2, 0) is 4.74 Å². The number of hydrogen-bond acceptors (Lipinski definition) is 8. The van der Waals surface area contributed by atoms with Crippen molar-refractivity contribution >= 4 is 11.7 Å². The molecule has 168 valence electrons. The van der Waals surface area contributed by atoms with E-state index in [2.05, 4.69) is 10.3 Å². The lowest BCUT2D eigenvalue weighted by Gasteiger charge is -2.39. The van der Waals surface area contributed by atoms with Crippen LogP contribution in [0.3, 0.4) is 0 Å². The number of aliphatic hydroxyl groups excluding tert-OH is 2. The molecule has 1 unspecified atom stereocenters. The minimum atomic E-state index is -3.75. The molecule has 0 saturated carbocycles. The number of halogens is 2. The van der Waals surface area contributed by atoms with E-state index < -0.39 is 49.0 Å². The molecule has 0 bridgehead atoms. The molecule has 31 heavy (non-hydrogen) atoms. The molecule has 1 saturated heterocycles. The Morgan fingerprint density at radius 2 is 1.97 bits per heavy atom. The number of ether oxygens (including phenoxy) is 3. The molecule has 3 atom stereocenters. The van der Waals surface area contributed by atoms with Gasteiger partial charge in [-0.05, 0) is 18.2 Å². The molecule has 2 heterocycles. The Hall–Kier alpha value is -3.09. The third-order valence-corrected chi connectivity index (χ3v) is 4.86. The fourth-order valence-electron chi connectivity index (χ4n) is 3.13. The van der Waals surface area contributed by atoms with E-state index in [-0.39, 0.29) is 11.4 Å². The first-order valence-corrected chi connectivity index (χ1v) is 9.13. The predicted molar refractivity (Wildman–Crippen MR) is 103 cm³/mol. The Kier molecular flexibility index (Phi) is 6.53. The number of carbonyl (C=O) groups excluding carboxylic acids is 1. The van der Waals surface area contributed by atoms with Crippen LogP contribution in [0.1, 0.15) is 16.4 Å². The van der Waals surface area contributed by atoms with E-state index >= 15 is 0 Å². The molecule has 1 aliphatic rings. The van der Waals surface area contributed by atoms with Gasteiger partial charge in [-0.15, -0.1) is 0 Å². The number of alkyl halides is 2. The minimum Gasteiger partial charge on any atom is -0.497 e. The highest BCUT2D eigenvalue weighted by atomic mass is 19.3. The van der Waals surface area contributed by atoms with Gasteiger partial charge in [0.25, 0.3) is 11.8 Å². The van der Waals surface area contributed by atoms with E-state index in [4.69, 9.17) is 19.3 Å². The summed E-state index contributed by atoms with van der Waals surface area (Å²) in [4.78, 5) is 28.5. The van der Waals surface area contributed by atoms with Gasteiger partial charge in [0, 0.05) is 17.8 Å². The monoisotopic (exact) mass is 441 g/mol. The van der Waals surface area contributed by atoms with Crippen LogP contribution in [0.15, 0.2) is 35.3 Å². The summed E-state index contributed by atoms with van der Waals surface area (Å²) < 4.78 is 44.9. The predicted octanol–water partition coefficient (Wildman–Crippen LogP) is 0.441. The van der Waals surface area contributed by atoms with E-state index in [0.29, 0.717) is 16.1 Å². The van der Waals surface area contributed by atoms with Crippen LogP contribution in [0.4, 0.5) is 14.6 Å². The first-order valence-electron chi connectivity index (χ1n) is 9.13. The average Bonchev–Trinajstić information content (AvgIpc) is 2.76. The number of rotatable bonds is 6. The molecule has 1 aromatic carbocycles. The molecule has 12 heteroatoms. The summed E-state index contributed by atoms with van der Waals surface area (Å²) in [5, 5.41) is 21.2. The summed E-state index contributed by atoms with van der Waals surface area (Å²) in [6.07, 6.45) is -2.75. The fourth-order valence-corrected chi connectivity index (χ4v) is 3.13. The van der Waals surface area contributed by atoms with Gasteiger partial charge in [-0.1, -0.05) is 0 Å². The molecular weight excluding hydrogens is 420 g/mol. The van der Waals surface area contributed by atoms with E-state index in [1.54, 1.807) is 6.07 Å². The van der Waals surface area contributed by atoms with Gasteiger partial charge in [0.2, 0.25) is 0 Å². The topological polar surface area (TPSA) is 132 Å². The highest BCUT2D eigenvalue weighted by Crippen LogP contribution is 2.38. The highest BCUT2D eigenvalue weighted by Gasteiger charge is 2.55. The Morgan fingerprint density at radius 3 is 2.52 bits per heavy atom. The molecule has 1 fully saturated rings. The van der Waals surface area contributed by atoms with E-state index in [1.807, 2.05) is 0 Å². The largest absolute Gasteiger partial charge is 0.497 e. The number of hydrogen-bond donors (Lipinski definition) is 3. The van der Waals surface area contributed by atoms with Gasteiger partial charge >= 0.3 is 5.69 Å². The molecule has 0 radical (unpaired) electrons. The summed E-state index contributed by atoms with van der Waals surface area (Å²) >= 11 is 0. The summed E-state index contributed by atoms with van der Waals surface area (Å²) in [6, 6.07) is 3.78. The van der Waals surface area contributed by atoms with Crippen molar-refractivity contribution in [2.45, 2.75) is 24.2 Å². The lowest BCUT2D eigenvalue weighted by atomic mass is 9.97. The van der Waals surface area contributed by atoms with Gasteiger partial charge in [0.05, 0.1) is 27.4 Å². The van der Waals surface area contributed by atoms with Crippen LogP contribution in [0, 0.1) is 0 Å². The van der Waals surface area contributed by atoms with Crippen molar-refractivity contribution in [1.29, 1.82) is 0 Å². The van der Waals surface area contributed by atoms with Crippen molar-refractivity contribution < 1.29 is 38.0 Å². The van der Waals surface area contributed by atoms with Gasteiger partial charge in [0.1, 0.15) is 35.6 Å². The fraction of sp³-hybridized carbons (Fsp3) is 0.421. The van der Waals surface area contributed by atoms with Crippen LogP contribution in [0.2, 0.25) is 0 Å². The second-order valence-electron chi connectivity index (χ2n) is 6.75. The van der Waals surface area contributed by atoms with Gasteiger partial charge in [-0.25, -0.2) is 13.6 Å². The zero-order valence-corrected chi connectivity index (χ0v) is 16.6. The summed E-state index contributed by atoms with van der Waals surface area (Å²) in [5.41, 5.74) is -0.920. The zero-order valence-electron chi connectivity index (χ0n) is 16.6. The maximum Gasteiger partial charge on any atom is 0.350 e. The first-order chi connectivity index (χ1) is 14.7. The van der Waals surface area contributed by atoms with Crippen molar-refractivity contribution in [3.8, 4) is 11.5 Å². The van der Waals surface area contributed by atoms with Gasteiger partial charge in [-0.2, -0.15) is 4.98 Å². The number of nitrogens with one attached hydrogen (secondary N) is 1. The molecule has 2 aromatic rings. The first kappa shape index (κ1) is 22.6. The Balaban J connectivity index is 1.82. The zero-order chi connectivity index (χ0) is 22.8. The Bertz CT molecular complexity index is 992. The number of anilines is 1. The van der Waals surface area contributed by atoms with Crippen LogP contribution in [0.25, 0.3) is 0 Å². The number of benzene rings is 1. The smallest absolute Gasteiger partial charge is 0.350 e. The standard InChI is InChI=1S/C19H21F2N3O7/c1-29-11-5-10(6-12(7-11)30-2)17(27)22-15-3-4-24(18(28)23-15)14-9-31-13(8-25)16(26)19(14,20)21/h3-7,13-14,16,25-26H,8-9H2,1-2H3,(H,22,23,27,28)/t13-,14?,16-/m1/s1. The van der Waals surface area contributed by atoms with Gasteiger partial charge in [-0.3, -0.25) is 9.36 Å². The number of amides is 1. The molecule has 0 aliphatic carbocycles. The molecule has 1 aliphatic heterocycles. The van der Waals surface area contributed by atoms with E-state index in [9.17, 15) is 23.5 Å². The highest BCUT2D eigenvalue weighted by molar-refractivity contribution is 6.04. The maximum atomic E-state index is 14.5. The van der Waals surface area contributed by atoms with Crippen LogP contribution < -0.4 is 20.5 Å². The van der Waals surface area contributed by atoms with Crippen molar-refractivity contribution in [2.24, 2.45) is 0 Å². The quantitative estimate of drug-likeness (QED) is 0.589. The van der Waals surface area contributed by atoms with E-state index in [1.165, 1.54) is 26.4 Å². The normalized spacial score (nSPS) is 22.6. The second kappa shape index (κ2) is 8.96. The molecule has 0 spiro atoms. The van der Waals surface area contributed by atoms with Gasteiger partial charge < -0.3 is 29.7 Å². The van der Waals surface area contributed by atoms with Crippen molar-refractivity contribution in [2.75, 3.05) is 32.8 Å². The van der Waals surface area contributed by atoms with Crippen LogP contribution in [0.5, 0.6) is 11.5 Å². The van der Waals surface area contributed by atoms with Crippen molar-refractivity contribution in [3.63, 3.8) is 0 Å². The van der Waals surface area contributed by atoms with Crippen molar-refractivity contribution in [3.05, 3.63) is 46.5 Å². The molecule has 10 nitrogen and oxygen atoms in total. The lowest BCUT2D eigenvalue weighted by Crippen LogP contribution is -2.57. The Morgan fingerprint density at radius 1 is 1.32 bits per heavy atom. The third-order valence-electron chi connectivity index (χ3n) is 4.86.